The van der Waals surface area contributed by atoms with E-state index in [1.165, 1.54) is 77.0 Å². The standard InChI is InChI=1S/C38H73O12P/c1-3-5-7-9-11-13-15-16-17-19-21-23-25-27-32(39)49-31(29-47-28-26-24-22-20-18-14-12-10-8-6-4-2)30-48-51(45,46)50-38-36(43)34(41)33(40)35(42)37(38)44/h13,15,31,33-38,40-44H,3-12,14,16-30H2,1-2H3,(H,45,46)/b15-13-. The maximum absolute atomic E-state index is 12.7. The highest BCUT2D eigenvalue weighted by molar-refractivity contribution is 7.47. The van der Waals surface area contributed by atoms with Crippen molar-refractivity contribution in [3.8, 4) is 0 Å². The zero-order valence-corrected chi connectivity index (χ0v) is 32.6. The number of carbonyl (C=O) groups is 1. The molecule has 0 radical (unpaired) electrons. The molecule has 13 heteroatoms. The summed E-state index contributed by atoms with van der Waals surface area (Å²) in [6, 6.07) is 0. The first kappa shape index (κ1) is 48.1. The van der Waals surface area contributed by atoms with E-state index in [0.29, 0.717) is 13.0 Å². The number of hydrogen-bond donors (Lipinski definition) is 6. The summed E-state index contributed by atoms with van der Waals surface area (Å²) in [6.07, 6.45) is 17.2. The van der Waals surface area contributed by atoms with E-state index < -0.39 is 63.1 Å². The molecule has 302 valence electrons. The van der Waals surface area contributed by atoms with Gasteiger partial charge in [0, 0.05) is 13.0 Å². The minimum absolute atomic E-state index is 0.0755. The van der Waals surface area contributed by atoms with Gasteiger partial charge in [0.05, 0.1) is 13.2 Å². The van der Waals surface area contributed by atoms with Gasteiger partial charge in [-0.15, -0.1) is 0 Å². The molecule has 1 aliphatic carbocycles. The Morgan fingerprint density at radius 2 is 1.04 bits per heavy atom. The molecule has 6 unspecified atom stereocenters. The summed E-state index contributed by atoms with van der Waals surface area (Å²) in [5.41, 5.74) is 0. The number of phosphoric ester groups is 1. The summed E-state index contributed by atoms with van der Waals surface area (Å²) in [5, 5.41) is 49.9. The lowest BCUT2D eigenvalue weighted by Gasteiger charge is -2.41. The van der Waals surface area contributed by atoms with E-state index in [0.717, 1.165) is 57.8 Å². The zero-order valence-electron chi connectivity index (χ0n) is 31.7. The predicted octanol–water partition coefficient (Wildman–Crippen LogP) is 6.80. The lowest BCUT2D eigenvalue weighted by Crippen LogP contribution is -2.64. The van der Waals surface area contributed by atoms with Crippen molar-refractivity contribution in [2.24, 2.45) is 0 Å². The summed E-state index contributed by atoms with van der Waals surface area (Å²) >= 11 is 0. The van der Waals surface area contributed by atoms with Gasteiger partial charge < -0.3 is 39.9 Å². The zero-order chi connectivity index (χ0) is 37.7. The number of rotatable bonds is 33. The third kappa shape index (κ3) is 23.5. The van der Waals surface area contributed by atoms with E-state index in [-0.39, 0.29) is 13.0 Å². The van der Waals surface area contributed by atoms with Crippen molar-refractivity contribution < 1.29 is 58.3 Å². The molecule has 0 spiro atoms. The molecule has 0 heterocycles. The molecular weight excluding hydrogens is 679 g/mol. The Bertz CT molecular complexity index is 905. The largest absolute Gasteiger partial charge is 0.472 e. The normalized spacial score (nSPS) is 24.2. The Hall–Kier alpha value is -0.920. The van der Waals surface area contributed by atoms with Crippen LogP contribution in [0.1, 0.15) is 162 Å². The first-order valence-corrected chi connectivity index (χ1v) is 21.5. The maximum Gasteiger partial charge on any atom is 0.472 e. The quantitative estimate of drug-likeness (QED) is 0.0178. The van der Waals surface area contributed by atoms with Crippen molar-refractivity contribution in [3.05, 3.63) is 12.2 Å². The van der Waals surface area contributed by atoms with Gasteiger partial charge in [-0.2, -0.15) is 0 Å². The summed E-state index contributed by atoms with van der Waals surface area (Å²) in [6.45, 7) is 4.21. The Morgan fingerprint density at radius 3 is 1.57 bits per heavy atom. The molecule has 0 bridgehead atoms. The first-order chi connectivity index (χ1) is 24.5. The molecule has 1 rings (SSSR count). The van der Waals surface area contributed by atoms with Crippen LogP contribution in [0.15, 0.2) is 12.2 Å². The number of unbranched alkanes of at least 4 members (excludes halogenated alkanes) is 19. The fraction of sp³-hybridized carbons (Fsp3) is 0.921. The molecule has 1 saturated carbocycles. The molecular formula is C38H73O12P. The van der Waals surface area contributed by atoms with Crippen LogP contribution in [0.5, 0.6) is 0 Å². The minimum atomic E-state index is -5.00. The van der Waals surface area contributed by atoms with Gasteiger partial charge in [-0.1, -0.05) is 129 Å². The van der Waals surface area contributed by atoms with E-state index in [1.807, 2.05) is 0 Å². The third-order valence-electron chi connectivity index (χ3n) is 9.39. The topological polar surface area (TPSA) is 192 Å². The van der Waals surface area contributed by atoms with Crippen molar-refractivity contribution in [2.45, 2.75) is 204 Å². The van der Waals surface area contributed by atoms with Gasteiger partial charge in [-0.05, 0) is 38.5 Å². The fourth-order valence-corrected chi connectivity index (χ4v) is 7.09. The Labute approximate surface area is 307 Å². The van der Waals surface area contributed by atoms with Gasteiger partial charge >= 0.3 is 13.8 Å². The summed E-state index contributed by atoms with van der Waals surface area (Å²) in [5.74, 6) is -0.486. The van der Waals surface area contributed by atoms with Crippen molar-refractivity contribution in [3.63, 3.8) is 0 Å². The number of aliphatic hydroxyl groups is 5. The molecule has 51 heavy (non-hydrogen) atoms. The number of hydrogen-bond acceptors (Lipinski definition) is 11. The molecule has 1 fully saturated rings. The average molecular weight is 753 g/mol. The lowest BCUT2D eigenvalue weighted by atomic mass is 9.85. The molecule has 0 aliphatic heterocycles. The highest BCUT2D eigenvalue weighted by Gasteiger charge is 2.51. The van der Waals surface area contributed by atoms with Gasteiger partial charge in [0.25, 0.3) is 0 Å². The van der Waals surface area contributed by atoms with Crippen LogP contribution >= 0.6 is 7.82 Å². The van der Waals surface area contributed by atoms with Crippen LogP contribution in [0.4, 0.5) is 0 Å². The number of aliphatic hydroxyl groups excluding tert-OH is 5. The summed E-state index contributed by atoms with van der Waals surface area (Å²) in [7, 11) is -5.00. The van der Waals surface area contributed by atoms with Crippen molar-refractivity contribution in [2.75, 3.05) is 19.8 Å². The third-order valence-corrected chi connectivity index (χ3v) is 10.4. The molecule has 1 aliphatic rings. The second-order valence-electron chi connectivity index (χ2n) is 14.1. The molecule has 0 amide bonds. The lowest BCUT2D eigenvalue weighted by molar-refractivity contribution is -0.220. The van der Waals surface area contributed by atoms with Crippen LogP contribution in [-0.2, 0) is 27.9 Å². The van der Waals surface area contributed by atoms with Gasteiger partial charge in [0.2, 0.25) is 0 Å². The van der Waals surface area contributed by atoms with Gasteiger partial charge in [-0.25, -0.2) is 4.57 Å². The van der Waals surface area contributed by atoms with E-state index in [4.69, 9.17) is 18.5 Å². The molecule has 0 aromatic rings. The smallest absolute Gasteiger partial charge is 0.457 e. The number of carbonyl (C=O) groups excluding carboxylic acids is 1. The number of allylic oxidation sites excluding steroid dienone is 2. The van der Waals surface area contributed by atoms with Crippen molar-refractivity contribution in [1.29, 1.82) is 0 Å². The van der Waals surface area contributed by atoms with Crippen LogP contribution < -0.4 is 0 Å². The Balaban J connectivity index is 2.47. The van der Waals surface area contributed by atoms with E-state index in [2.05, 4.69) is 26.0 Å². The number of phosphoric acid groups is 1. The monoisotopic (exact) mass is 752 g/mol. The average Bonchev–Trinajstić information content (AvgIpc) is 3.11. The SMILES string of the molecule is CCCCCC/C=C\CCCCCCCC(=O)OC(COCCCCCCCCCCCCC)COP(=O)(O)OC1C(O)C(O)C(O)C(O)C1O. The Kier molecular flexibility index (Phi) is 28.7. The van der Waals surface area contributed by atoms with Crippen LogP contribution in [0.2, 0.25) is 0 Å². The Morgan fingerprint density at radius 1 is 0.608 bits per heavy atom. The molecule has 0 aromatic carbocycles. The summed E-state index contributed by atoms with van der Waals surface area (Å²) < 4.78 is 34.0. The van der Waals surface area contributed by atoms with Gasteiger partial charge in [0.1, 0.15) is 42.7 Å². The molecule has 0 saturated heterocycles. The number of ether oxygens (including phenoxy) is 2. The molecule has 0 aromatic heterocycles. The van der Waals surface area contributed by atoms with Crippen molar-refractivity contribution >= 4 is 13.8 Å². The van der Waals surface area contributed by atoms with Crippen molar-refractivity contribution in [1.82, 2.24) is 0 Å². The van der Waals surface area contributed by atoms with Gasteiger partial charge in [-0.3, -0.25) is 13.8 Å². The van der Waals surface area contributed by atoms with Gasteiger partial charge in [0.15, 0.2) is 0 Å². The summed E-state index contributed by atoms with van der Waals surface area (Å²) in [4.78, 5) is 23.0. The van der Waals surface area contributed by atoms with Crippen LogP contribution in [0.25, 0.3) is 0 Å². The van der Waals surface area contributed by atoms with Crippen LogP contribution in [0, 0.1) is 0 Å². The predicted molar refractivity (Wildman–Crippen MR) is 198 cm³/mol. The second-order valence-corrected chi connectivity index (χ2v) is 15.5. The minimum Gasteiger partial charge on any atom is -0.457 e. The van der Waals surface area contributed by atoms with E-state index in [9.17, 15) is 39.8 Å². The fourth-order valence-electron chi connectivity index (χ4n) is 6.11. The molecule has 6 atom stereocenters. The van der Waals surface area contributed by atoms with E-state index in [1.54, 1.807) is 0 Å². The highest BCUT2D eigenvalue weighted by Crippen LogP contribution is 2.47. The highest BCUT2D eigenvalue weighted by atomic mass is 31.2. The second kappa shape index (κ2) is 30.4. The molecule has 12 nitrogen and oxygen atoms in total. The van der Waals surface area contributed by atoms with E-state index >= 15 is 0 Å². The first-order valence-electron chi connectivity index (χ1n) is 20.0. The van der Waals surface area contributed by atoms with Crippen LogP contribution in [0.3, 0.4) is 0 Å². The molecule has 6 N–H and O–H groups in total. The number of esters is 1. The maximum atomic E-state index is 12.7. The van der Waals surface area contributed by atoms with Crippen LogP contribution in [-0.4, -0.2) is 98.9 Å².